The van der Waals surface area contributed by atoms with Gasteiger partial charge in [0.2, 0.25) is 5.95 Å². The van der Waals surface area contributed by atoms with Gasteiger partial charge < -0.3 is 25.8 Å². The minimum absolute atomic E-state index is 0.00616. The Balaban J connectivity index is 1.35. The first-order valence-corrected chi connectivity index (χ1v) is 27.3. The lowest BCUT2D eigenvalue weighted by Crippen LogP contribution is -2.42. The summed E-state index contributed by atoms with van der Waals surface area (Å²) in [5, 5.41) is 6.03. The van der Waals surface area contributed by atoms with Gasteiger partial charge >= 0.3 is 11.9 Å². The van der Waals surface area contributed by atoms with Gasteiger partial charge in [-0.15, -0.1) is 0 Å². The van der Waals surface area contributed by atoms with Crippen LogP contribution in [0.5, 0.6) is 0 Å². The van der Waals surface area contributed by atoms with E-state index in [0.29, 0.717) is 23.6 Å². The zero-order valence-electron chi connectivity index (χ0n) is 42.5. The van der Waals surface area contributed by atoms with Gasteiger partial charge in [0.1, 0.15) is 6.04 Å². The number of nitrogens with zero attached hydrogens (tertiary/aromatic N) is 3. The fraction of sp³-hybridized carbons (Fsp3) is 0.727. The molecule has 13 heteroatoms. The fourth-order valence-electron chi connectivity index (χ4n) is 8.57. The van der Waals surface area contributed by atoms with Crippen molar-refractivity contribution < 1.29 is 23.9 Å². The molecule has 1 amide bonds. The lowest BCUT2D eigenvalue weighted by atomic mass is 10.0. The maximum Gasteiger partial charge on any atom is 0.328 e. The van der Waals surface area contributed by atoms with Crippen molar-refractivity contribution in [3.05, 3.63) is 52.1 Å². The predicted octanol–water partition coefficient (Wildman–Crippen LogP) is 13.4. The average Bonchev–Trinajstić information content (AvgIpc) is 3.34. The molecule has 0 saturated carbocycles. The number of fused-ring (bicyclic) bond motifs is 1. The molecule has 0 saturated heterocycles. The van der Waals surface area contributed by atoms with Crippen LogP contribution >= 0.6 is 0 Å². The molecule has 0 radical (unpaired) electrons. The summed E-state index contributed by atoms with van der Waals surface area (Å²) < 4.78 is 11.2. The van der Waals surface area contributed by atoms with Crippen molar-refractivity contribution in [3.8, 4) is 0 Å². The van der Waals surface area contributed by atoms with Crippen molar-refractivity contribution in [1.29, 1.82) is 0 Å². The number of hydrogen-bond donors (Lipinski definition) is 4. The number of nitrogen functional groups attached to an aromatic ring is 1. The number of benzene rings is 1. The van der Waals surface area contributed by atoms with E-state index in [1.54, 1.807) is 24.3 Å². The highest BCUT2D eigenvalue weighted by Crippen LogP contribution is 2.17. The van der Waals surface area contributed by atoms with E-state index in [-0.39, 0.29) is 49.1 Å². The minimum Gasteiger partial charge on any atom is -0.466 e. The molecule has 0 aliphatic heterocycles. The quantitative estimate of drug-likeness (QED) is 0.0312. The number of esters is 2. The molecule has 382 valence electrons. The van der Waals surface area contributed by atoms with Crippen molar-refractivity contribution in [1.82, 2.24) is 25.3 Å². The van der Waals surface area contributed by atoms with Crippen molar-refractivity contribution in [3.63, 3.8) is 0 Å². The van der Waals surface area contributed by atoms with E-state index in [2.05, 4.69) is 44.4 Å². The van der Waals surface area contributed by atoms with Gasteiger partial charge in [-0.2, -0.15) is 4.98 Å². The number of hydrogen-bond acceptors (Lipinski definition) is 11. The van der Waals surface area contributed by atoms with Crippen molar-refractivity contribution in [2.24, 2.45) is 0 Å². The minimum atomic E-state index is -0.996. The summed E-state index contributed by atoms with van der Waals surface area (Å²) in [4.78, 5) is 66.8. The number of carbonyl (C=O) groups is 3. The van der Waals surface area contributed by atoms with Crippen LogP contribution < -0.4 is 21.9 Å². The van der Waals surface area contributed by atoms with Gasteiger partial charge in [0.15, 0.2) is 11.2 Å². The summed E-state index contributed by atoms with van der Waals surface area (Å²) in [7, 11) is 0. The SMILES string of the molecule is CCCCCCCCCCCCCCCCCCOC(=O)CC[C@H](NC(=O)c1ccc(NCc2cnc3nc(N)[nH]c(=O)c3n2)cc1)C(=O)OCCCCCCCCCCCCCCCCCC. The second kappa shape index (κ2) is 38.3. The summed E-state index contributed by atoms with van der Waals surface area (Å²) in [6.45, 7) is 5.43. The molecule has 3 aromatic rings. The summed E-state index contributed by atoms with van der Waals surface area (Å²) in [6.07, 6.45) is 42.2. The van der Waals surface area contributed by atoms with Gasteiger partial charge in [0, 0.05) is 17.7 Å². The van der Waals surface area contributed by atoms with Crippen molar-refractivity contribution >= 4 is 40.6 Å². The van der Waals surface area contributed by atoms with Crippen LogP contribution in [-0.2, 0) is 25.6 Å². The van der Waals surface area contributed by atoms with E-state index >= 15 is 0 Å². The Morgan fingerprint density at radius 2 is 1.04 bits per heavy atom. The number of anilines is 2. The van der Waals surface area contributed by atoms with Crippen LogP contribution in [0.3, 0.4) is 0 Å². The molecular weight excluding hydrogens is 855 g/mol. The summed E-state index contributed by atoms with van der Waals surface area (Å²) in [6, 6.07) is 5.76. The van der Waals surface area contributed by atoms with Gasteiger partial charge in [0.05, 0.1) is 31.6 Å². The number of ether oxygens (including phenoxy) is 2. The molecule has 0 bridgehead atoms. The second-order valence-corrected chi connectivity index (χ2v) is 19.0. The zero-order chi connectivity index (χ0) is 48.7. The number of carbonyl (C=O) groups excluding carboxylic acids is 3. The van der Waals surface area contributed by atoms with Crippen LogP contribution in [0.2, 0.25) is 0 Å². The number of nitrogens with two attached hydrogens (primary N) is 1. The molecule has 2 heterocycles. The first-order chi connectivity index (χ1) is 33.3. The van der Waals surface area contributed by atoms with Crippen LogP contribution in [0, 0.1) is 0 Å². The van der Waals surface area contributed by atoms with Crippen LogP contribution in [0.4, 0.5) is 11.6 Å². The molecule has 0 spiro atoms. The highest BCUT2D eigenvalue weighted by atomic mass is 16.5. The number of amides is 1. The van der Waals surface area contributed by atoms with E-state index in [1.165, 1.54) is 173 Å². The topological polar surface area (TPSA) is 191 Å². The Bertz CT molecular complexity index is 1840. The highest BCUT2D eigenvalue weighted by molar-refractivity contribution is 5.97. The van der Waals surface area contributed by atoms with E-state index in [9.17, 15) is 19.2 Å². The van der Waals surface area contributed by atoms with Gasteiger partial charge in [-0.05, 0) is 43.5 Å². The predicted molar refractivity (Wildman–Crippen MR) is 278 cm³/mol. The number of nitrogens with one attached hydrogen (secondary N) is 3. The largest absolute Gasteiger partial charge is 0.466 e. The van der Waals surface area contributed by atoms with Crippen LogP contribution in [-0.4, -0.2) is 57.0 Å². The Morgan fingerprint density at radius 3 is 1.51 bits per heavy atom. The molecular formula is C55H91N7O6. The molecule has 0 unspecified atom stereocenters. The van der Waals surface area contributed by atoms with E-state index in [1.807, 2.05) is 0 Å². The molecule has 2 aromatic heterocycles. The van der Waals surface area contributed by atoms with E-state index in [4.69, 9.17) is 15.2 Å². The van der Waals surface area contributed by atoms with E-state index in [0.717, 1.165) is 38.5 Å². The molecule has 3 rings (SSSR count). The van der Waals surface area contributed by atoms with Gasteiger partial charge in [-0.1, -0.05) is 206 Å². The standard InChI is InChI=1S/C55H91N7O6/c1-3-5-7-9-11-13-15-17-19-21-23-25-27-29-31-33-41-67-49(63)40-39-48(54(66)68-42-34-32-30-28-26-24-22-20-18-16-14-12-10-8-6-4-2)60-52(64)45-35-37-46(38-36-45)57-43-47-44-58-51-50(59-47)53(65)62-55(56)61-51/h35-38,44,48,57H,3-34,39-43H2,1-2H3,(H,60,64)(H3,56,58,61,62,65)/t48-/m0/s1. The molecule has 0 fully saturated rings. The lowest BCUT2D eigenvalue weighted by Gasteiger charge is -2.18. The first-order valence-electron chi connectivity index (χ1n) is 27.3. The third-order valence-electron chi connectivity index (χ3n) is 12.8. The lowest BCUT2D eigenvalue weighted by molar-refractivity contribution is -0.147. The summed E-state index contributed by atoms with van der Waals surface area (Å²) in [5.41, 5.74) is 6.95. The van der Waals surface area contributed by atoms with Gasteiger partial charge in [-0.25, -0.2) is 14.8 Å². The highest BCUT2D eigenvalue weighted by Gasteiger charge is 2.24. The molecule has 13 nitrogen and oxygen atoms in total. The monoisotopic (exact) mass is 946 g/mol. The van der Waals surface area contributed by atoms with Crippen LogP contribution in [0.25, 0.3) is 11.2 Å². The molecule has 68 heavy (non-hydrogen) atoms. The normalized spacial score (nSPS) is 11.7. The van der Waals surface area contributed by atoms with Crippen molar-refractivity contribution in [2.45, 2.75) is 245 Å². The number of rotatable bonds is 43. The third kappa shape index (κ3) is 27.4. The van der Waals surface area contributed by atoms with Crippen LogP contribution in [0.15, 0.2) is 35.3 Å². The number of unbranched alkanes of at least 4 members (excludes halogenated alkanes) is 30. The fourth-order valence-corrected chi connectivity index (χ4v) is 8.57. The molecule has 5 N–H and O–H groups in total. The maximum absolute atomic E-state index is 13.4. The number of aromatic amines is 1. The first kappa shape index (κ1) is 57.8. The van der Waals surface area contributed by atoms with Gasteiger partial charge in [0.25, 0.3) is 11.5 Å². The van der Waals surface area contributed by atoms with E-state index < -0.39 is 23.5 Å². The Morgan fingerprint density at radius 1 is 0.603 bits per heavy atom. The smallest absolute Gasteiger partial charge is 0.328 e. The van der Waals surface area contributed by atoms with Crippen LogP contribution in [0.1, 0.15) is 248 Å². The average molecular weight is 946 g/mol. The molecule has 1 atom stereocenters. The molecule has 0 aliphatic rings. The maximum atomic E-state index is 13.4. The zero-order valence-corrected chi connectivity index (χ0v) is 42.5. The van der Waals surface area contributed by atoms with Crippen molar-refractivity contribution in [2.75, 3.05) is 24.3 Å². The Labute approximate surface area is 409 Å². The summed E-state index contributed by atoms with van der Waals surface area (Å²) in [5.74, 6) is -1.41. The number of H-pyrrole nitrogens is 1. The molecule has 0 aliphatic carbocycles. The second-order valence-electron chi connectivity index (χ2n) is 19.0. The Hall–Kier alpha value is -4.55. The number of aromatic nitrogens is 4. The molecule has 1 aromatic carbocycles. The third-order valence-corrected chi connectivity index (χ3v) is 12.8. The summed E-state index contributed by atoms with van der Waals surface area (Å²) >= 11 is 0. The van der Waals surface area contributed by atoms with Gasteiger partial charge in [-0.3, -0.25) is 19.4 Å². The Kier molecular flexibility index (Phi) is 32.6.